The summed E-state index contributed by atoms with van der Waals surface area (Å²) in [4.78, 5) is 0.519. The SMILES string of the molecule is NC(=S)C1CCN(S(=O)(=O)N2CCCCC2)CC1. The molecular formula is C11H21N3O2S2. The Morgan fingerprint density at radius 1 is 1.00 bits per heavy atom. The molecule has 2 rings (SSSR count). The quantitative estimate of drug-likeness (QED) is 0.778. The van der Waals surface area contributed by atoms with Gasteiger partial charge in [-0.05, 0) is 25.7 Å². The molecule has 2 aliphatic heterocycles. The Labute approximate surface area is 114 Å². The van der Waals surface area contributed by atoms with Crippen molar-refractivity contribution in [1.82, 2.24) is 8.61 Å². The summed E-state index contributed by atoms with van der Waals surface area (Å²) in [6.07, 6.45) is 4.59. The summed E-state index contributed by atoms with van der Waals surface area (Å²) in [7, 11) is -3.25. The standard InChI is InChI=1S/C11H21N3O2S2/c12-11(17)10-4-8-14(9-5-10)18(15,16)13-6-2-1-3-7-13/h10H,1-9H2,(H2,12,17). The minimum absolute atomic E-state index is 0.202. The van der Waals surface area contributed by atoms with Gasteiger partial charge < -0.3 is 5.73 Å². The second-order valence-corrected chi connectivity index (χ2v) is 7.44. The molecule has 0 unspecified atom stereocenters. The normalized spacial score (nSPS) is 25.1. The Bertz CT molecular complexity index is 397. The van der Waals surface area contributed by atoms with Crippen molar-refractivity contribution in [2.45, 2.75) is 32.1 Å². The van der Waals surface area contributed by atoms with Crippen LogP contribution in [0.1, 0.15) is 32.1 Å². The fraction of sp³-hybridized carbons (Fsp3) is 0.909. The van der Waals surface area contributed by atoms with Crippen LogP contribution in [0, 0.1) is 5.92 Å². The zero-order valence-electron chi connectivity index (χ0n) is 10.5. The van der Waals surface area contributed by atoms with E-state index in [4.69, 9.17) is 18.0 Å². The lowest BCUT2D eigenvalue weighted by Crippen LogP contribution is -2.49. The van der Waals surface area contributed by atoms with Crippen LogP contribution < -0.4 is 5.73 Å². The Balaban J connectivity index is 1.97. The molecule has 2 heterocycles. The van der Waals surface area contributed by atoms with E-state index < -0.39 is 10.2 Å². The molecule has 0 radical (unpaired) electrons. The number of nitrogens with two attached hydrogens (primary N) is 1. The zero-order valence-corrected chi connectivity index (χ0v) is 12.2. The largest absolute Gasteiger partial charge is 0.393 e. The Kier molecular flexibility index (Phi) is 4.58. The van der Waals surface area contributed by atoms with Crippen LogP contribution in [0.3, 0.4) is 0 Å². The van der Waals surface area contributed by atoms with E-state index in [9.17, 15) is 8.42 Å². The van der Waals surface area contributed by atoms with Crippen molar-refractivity contribution in [1.29, 1.82) is 0 Å². The van der Waals surface area contributed by atoms with Crippen LogP contribution in [0.15, 0.2) is 0 Å². The number of piperidine rings is 2. The minimum atomic E-state index is -3.25. The van der Waals surface area contributed by atoms with Gasteiger partial charge in [-0.25, -0.2) is 0 Å². The van der Waals surface area contributed by atoms with Gasteiger partial charge in [-0.2, -0.15) is 17.0 Å². The Morgan fingerprint density at radius 3 is 2.00 bits per heavy atom. The lowest BCUT2D eigenvalue weighted by atomic mass is 9.98. The summed E-state index contributed by atoms with van der Waals surface area (Å²) in [5.74, 6) is 0.202. The van der Waals surface area contributed by atoms with Crippen LogP contribution in [0.25, 0.3) is 0 Å². The van der Waals surface area contributed by atoms with Gasteiger partial charge in [0.15, 0.2) is 0 Å². The van der Waals surface area contributed by atoms with Crippen LogP contribution in [0.2, 0.25) is 0 Å². The van der Waals surface area contributed by atoms with Gasteiger partial charge in [-0.1, -0.05) is 18.6 Å². The average molecular weight is 291 g/mol. The van der Waals surface area contributed by atoms with Gasteiger partial charge in [0.2, 0.25) is 0 Å². The number of rotatable bonds is 3. The van der Waals surface area contributed by atoms with Crippen molar-refractivity contribution in [2.75, 3.05) is 26.2 Å². The highest BCUT2D eigenvalue weighted by Gasteiger charge is 2.33. The molecule has 0 spiro atoms. The van der Waals surface area contributed by atoms with E-state index in [0.717, 1.165) is 32.1 Å². The van der Waals surface area contributed by atoms with Crippen LogP contribution in [0.4, 0.5) is 0 Å². The molecule has 2 N–H and O–H groups in total. The molecule has 0 saturated carbocycles. The third kappa shape index (κ3) is 3.01. The van der Waals surface area contributed by atoms with E-state index >= 15 is 0 Å². The molecular weight excluding hydrogens is 270 g/mol. The molecule has 7 heteroatoms. The van der Waals surface area contributed by atoms with Crippen molar-refractivity contribution in [3.05, 3.63) is 0 Å². The van der Waals surface area contributed by atoms with E-state index in [-0.39, 0.29) is 5.92 Å². The Morgan fingerprint density at radius 2 is 1.50 bits per heavy atom. The highest BCUT2D eigenvalue weighted by atomic mass is 32.2. The van der Waals surface area contributed by atoms with Crippen LogP contribution >= 0.6 is 12.2 Å². The first-order valence-electron chi connectivity index (χ1n) is 6.56. The van der Waals surface area contributed by atoms with Crippen molar-refractivity contribution in [2.24, 2.45) is 11.7 Å². The summed E-state index contributed by atoms with van der Waals surface area (Å²) in [5.41, 5.74) is 5.62. The average Bonchev–Trinajstić information content (AvgIpc) is 2.40. The fourth-order valence-corrected chi connectivity index (χ4v) is 4.58. The van der Waals surface area contributed by atoms with Crippen LogP contribution in [-0.4, -0.2) is 48.2 Å². The molecule has 2 fully saturated rings. The highest BCUT2D eigenvalue weighted by molar-refractivity contribution is 7.86. The zero-order chi connectivity index (χ0) is 13.2. The summed E-state index contributed by atoms with van der Waals surface area (Å²) in [6, 6.07) is 0. The van der Waals surface area contributed by atoms with Gasteiger partial charge >= 0.3 is 0 Å². The molecule has 0 bridgehead atoms. The van der Waals surface area contributed by atoms with E-state index in [1.807, 2.05) is 0 Å². The van der Waals surface area contributed by atoms with Gasteiger partial charge in [-0.15, -0.1) is 0 Å². The van der Waals surface area contributed by atoms with Crippen molar-refractivity contribution < 1.29 is 8.42 Å². The predicted molar refractivity (Wildman–Crippen MR) is 75.4 cm³/mol. The fourth-order valence-electron chi connectivity index (χ4n) is 2.63. The first-order chi connectivity index (χ1) is 8.51. The number of thiocarbonyl (C=S) groups is 1. The summed E-state index contributed by atoms with van der Waals surface area (Å²) < 4.78 is 28.0. The smallest absolute Gasteiger partial charge is 0.281 e. The lowest BCUT2D eigenvalue weighted by molar-refractivity contribution is 0.268. The van der Waals surface area contributed by atoms with E-state index in [1.54, 1.807) is 8.61 Å². The van der Waals surface area contributed by atoms with Crippen LogP contribution in [-0.2, 0) is 10.2 Å². The maximum atomic E-state index is 12.4. The molecule has 0 amide bonds. The van der Waals surface area contributed by atoms with Crippen molar-refractivity contribution in [3.8, 4) is 0 Å². The third-order valence-electron chi connectivity index (χ3n) is 3.82. The topological polar surface area (TPSA) is 66.6 Å². The molecule has 2 saturated heterocycles. The van der Waals surface area contributed by atoms with Gasteiger partial charge in [0.05, 0.1) is 4.99 Å². The Hall–Kier alpha value is -0.240. The molecule has 18 heavy (non-hydrogen) atoms. The molecule has 2 aliphatic rings. The van der Waals surface area contributed by atoms with Gasteiger partial charge in [0.25, 0.3) is 10.2 Å². The van der Waals surface area contributed by atoms with Gasteiger partial charge in [0, 0.05) is 32.1 Å². The second kappa shape index (κ2) is 5.81. The molecule has 5 nitrogen and oxygen atoms in total. The number of hydrogen-bond donors (Lipinski definition) is 1. The van der Waals surface area contributed by atoms with Crippen LogP contribution in [0.5, 0.6) is 0 Å². The molecule has 0 atom stereocenters. The summed E-state index contributed by atoms with van der Waals surface area (Å²) in [6.45, 7) is 2.41. The highest BCUT2D eigenvalue weighted by Crippen LogP contribution is 2.23. The summed E-state index contributed by atoms with van der Waals surface area (Å²) in [5, 5.41) is 0. The van der Waals surface area contributed by atoms with Gasteiger partial charge in [-0.3, -0.25) is 0 Å². The van der Waals surface area contributed by atoms with E-state index in [2.05, 4.69) is 0 Å². The van der Waals surface area contributed by atoms with E-state index in [1.165, 1.54) is 0 Å². The van der Waals surface area contributed by atoms with Crippen molar-refractivity contribution in [3.63, 3.8) is 0 Å². The first kappa shape index (κ1) is 14.2. The molecule has 0 aromatic carbocycles. The molecule has 0 aromatic rings. The number of hydrogen-bond acceptors (Lipinski definition) is 3. The van der Waals surface area contributed by atoms with Gasteiger partial charge in [0.1, 0.15) is 0 Å². The predicted octanol–water partition coefficient (Wildman–Crippen LogP) is 0.715. The maximum absolute atomic E-state index is 12.4. The maximum Gasteiger partial charge on any atom is 0.281 e. The molecule has 0 aliphatic carbocycles. The monoisotopic (exact) mass is 291 g/mol. The first-order valence-corrected chi connectivity index (χ1v) is 8.37. The molecule has 0 aromatic heterocycles. The number of nitrogens with zero attached hydrogens (tertiary/aromatic N) is 2. The lowest BCUT2D eigenvalue weighted by Gasteiger charge is -2.35. The minimum Gasteiger partial charge on any atom is -0.393 e. The van der Waals surface area contributed by atoms with Crippen molar-refractivity contribution >= 4 is 27.4 Å². The van der Waals surface area contributed by atoms with E-state index in [0.29, 0.717) is 31.2 Å². The summed E-state index contributed by atoms with van der Waals surface area (Å²) >= 11 is 4.97. The third-order valence-corrected chi connectivity index (χ3v) is 6.19. The second-order valence-electron chi connectivity index (χ2n) is 5.04. The molecule has 104 valence electrons.